The highest BCUT2D eigenvalue weighted by molar-refractivity contribution is 5.82. The van der Waals surface area contributed by atoms with Crippen LogP contribution in [0.3, 0.4) is 0 Å². The van der Waals surface area contributed by atoms with Crippen molar-refractivity contribution < 1.29 is 9.90 Å². The van der Waals surface area contributed by atoms with Crippen molar-refractivity contribution in [2.75, 3.05) is 0 Å². The van der Waals surface area contributed by atoms with Crippen LogP contribution in [0.4, 0.5) is 0 Å². The summed E-state index contributed by atoms with van der Waals surface area (Å²) in [4.78, 5) is 31.4. The van der Waals surface area contributed by atoms with E-state index in [4.69, 9.17) is 0 Å². The van der Waals surface area contributed by atoms with Gasteiger partial charge in [0.05, 0.1) is 11.5 Å². The fourth-order valence-electron chi connectivity index (χ4n) is 4.11. The molecule has 0 bridgehead atoms. The Kier molecular flexibility index (Phi) is 4.05. The molecule has 128 valence electrons. The molecule has 6 heteroatoms. The van der Waals surface area contributed by atoms with Crippen LogP contribution in [0.5, 0.6) is 0 Å². The van der Waals surface area contributed by atoms with Gasteiger partial charge in [-0.2, -0.15) is 5.26 Å². The zero-order chi connectivity index (χ0) is 18.4. The lowest BCUT2D eigenvalue weighted by atomic mass is 9.62. The molecule has 2 aromatic rings. The molecule has 3 atom stereocenters. The van der Waals surface area contributed by atoms with Gasteiger partial charge in [-0.3, -0.25) is 14.6 Å². The number of aromatic nitrogens is 2. The van der Waals surface area contributed by atoms with E-state index < -0.39 is 23.0 Å². The SMILES string of the molecule is CC(=O)[C@@H]1[C@H](c2cccnc2)c2c(C)[nH]c(=O)c(C#N)c2C[C@@]1(C)O. The molecule has 2 heterocycles. The Bertz CT molecular complexity index is 939. The third-order valence-electron chi connectivity index (χ3n) is 5.00. The maximum Gasteiger partial charge on any atom is 0.266 e. The molecule has 0 fully saturated rings. The van der Waals surface area contributed by atoms with E-state index in [1.807, 2.05) is 12.1 Å². The molecule has 0 aliphatic heterocycles. The summed E-state index contributed by atoms with van der Waals surface area (Å²) < 4.78 is 0. The van der Waals surface area contributed by atoms with Crippen LogP contribution < -0.4 is 5.56 Å². The van der Waals surface area contributed by atoms with Gasteiger partial charge in [-0.05, 0) is 43.5 Å². The van der Waals surface area contributed by atoms with Gasteiger partial charge in [-0.15, -0.1) is 0 Å². The molecule has 0 unspecified atom stereocenters. The van der Waals surface area contributed by atoms with Crippen LogP contribution in [-0.2, 0) is 11.2 Å². The van der Waals surface area contributed by atoms with Gasteiger partial charge >= 0.3 is 0 Å². The highest BCUT2D eigenvalue weighted by Gasteiger charge is 2.48. The molecule has 2 N–H and O–H groups in total. The first-order chi connectivity index (χ1) is 11.8. The molecule has 25 heavy (non-hydrogen) atoms. The quantitative estimate of drug-likeness (QED) is 0.865. The van der Waals surface area contributed by atoms with Crippen LogP contribution in [0.25, 0.3) is 0 Å². The standard InChI is InChI=1S/C19H19N3O3/c1-10-15-13(14(8-20)18(24)22-10)7-19(3,25)17(11(2)23)16(15)12-5-4-6-21-9-12/h4-6,9,16-17,25H,7H2,1-3H3,(H,22,24)/t16-,17-,19-/m1/s1. The fourth-order valence-corrected chi connectivity index (χ4v) is 4.11. The molecule has 0 spiro atoms. The number of Topliss-reactive ketones (excluding diaryl/α,β-unsaturated/α-hetero) is 1. The van der Waals surface area contributed by atoms with Crippen LogP contribution in [0.2, 0.25) is 0 Å². The molecule has 2 aromatic heterocycles. The Morgan fingerprint density at radius 3 is 2.80 bits per heavy atom. The normalized spacial score (nSPS) is 25.1. The van der Waals surface area contributed by atoms with E-state index in [-0.39, 0.29) is 17.8 Å². The van der Waals surface area contributed by atoms with Gasteiger partial charge in [-0.1, -0.05) is 6.07 Å². The number of hydrogen-bond donors (Lipinski definition) is 2. The minimum absolute atomic E-state index is 0.00299. The first-order valence-corrected chi connectivity index (χ1v) is 8.06. The highest BCUT2D eigenvalue weighted by Crippen LogP contribution is 2.47. The Hall–Kier alpha value is -2.78. The number of aryl methyl sites for hydroxylation is 1. The smallest absolute Gasteiger partial charge is 0.266 e. The number of H-pyrrole nitrogens is 1. The van der Waals surface area contributed by atoms with E-state index in [9.17, 15) is 20.0 Å². The van der Waals surface area contributed by atoms with E-state index in [1.165, 1.54) is 6.92 Å². The molecular weight excluding hydrogens is 318 g/mol. The lowest BCUT2D eigenvalue weighted by Gasteiger charge is -2.43. The molecule has 0 amide bonds. The number of nitrogens with one attached hydrogen (secondary N) is 1. The zero-order valence-corrected chi connectivity index (χ0v) is 14.3. The summed E-state index contributed by atoms with van der Waals surface area (Å²) in [5.74, 6) is -1.32. The topological polar surface area (TPSA) is 107 Å². The van der Waals surface area contributed by atoms with E-state index in [0.29, 0.717) is 11.3 Å². The third kappa shape index (κ3) is 2.67. The molecule has 6 nitrogen and oxygen atoms in total. The van der Waals surface area contributed by atoms with E-state index in [1.54, 1.807) is 32.3 Å². The first-order valence-electron chi connectivity index (χ1n) is 8.06. The Morgan fingerprint density at radius 1 is 1.52 bits per heavy atom. The van der Waals surface area contributed by atoms with Crippen LogP contribution in [0.15, 0.2) is 29.3 Å². The second-order valence-electron chi connectivity index (χ2n) is 6.84. The molecule has 1 aliphatic carbocycles. The van der Waals surface area contributed by atoms with Gasteiger partial charge in [-0.25, -0.2) is 0 Å². The maximum absolute atomic E-state index is 12.4. The number of ketones is 1. The van der Waals surface area contributed by atoms with Crippen molar-refractivity contribution in [2.45, 2.75) is 38.7 Å². The number of aliphatic hydroxyl groups is 1. The van der Waals surface area contributed by atoms with Gasteiger partial charge in [0.15, 0.2) is 0 Å². The highest BCUT2D eigenvalue weighted by atomic mass is 16.3. The second-order valence-corrected chi connectivity index (χ2v) is 6.84. The maximum atomic E-state index is 12.4. The van der Waals surface area contributed by atoms with Crippen LogP contribution in [-0.4, -0.2) is 26.5 Å². The molecule has 0 saturated heterocycles. The number of rotatable bonds is 2. The Labute approximate surface area is 145 Å². The predicted octanol–water partition coefficient (Wildman–Crippen LogP) is 1.59. The number of nitriles is 1. The molecular formula is C19H19N3O3. The molecule has 0 aromatic carbocycles. The summed E-state index contributed by atoms with van der Waals surface area (Å²) in [7, 11) is 0. The molecule has 3 rings (SSSR count). The predicted molar refractivity (Wildman–Crippen MR) is 91.1 cm³/mol. The Balaban J connectivity index is 2.41. The summed E-state index contributed by atoms with van der Waals surface area (Å²) in [6.45, 7) is 4.80. The average molecular weight is 337 g/mol. The first kappa shape index (κ1) is 17.1. The van der Waals surface area contributed by atoms with Gasteiger partial charge in [0, 0.05) is 30.4 Å². The van der Waals surface area contributed by atoms with Crippen molar-refractivity contribution in [1.29, 1.82) is 5.26 Å². The zero-order valence-electron chi connectivity index (χ0n) is 14.3. The Morgan fingerprint density at radius 2 is 2.24 bits per heavy atom. The third-order valence-corrected chi connectivity index (χ3v) is 5.00. The minimum Gasteiger partial charge on any atom is -0.389 e. The van der Waals surface area contributed by atoms with Crippen molar-refractivity contribution in [2.24, 2.45) is 5.92 Å². The van der Waals surface area contributed by atoms with Gasteiger partial charge in [0.25, 0.3) is 5.56 Å². The summed E-state index contributed by atoms with van der Waals surface area (Å²) in [5.41, 5.74) is 0.775. The average Bonchev–Trinajstić information content (AvgIpc) is 2.53. The molecule has 1 aliphatic rings. The minimum atomic E-state index is -1.37. The lowest BCUT2D eigenvalue weighted by Crippen LogP contribution is -2.49. The summed E-state index contributed by atoms with van der Waals surface area (Å²) in [6.07, 6.45) is 3.37. The van der Waals surface area contributed by atoms with E-state index in [0.717, 1.165) is 11.1 Å². The van der Waals surface area contributed by atoms with Crippen molar-refractivity contribution in [3.05, 3.63) is 62.8 Å². The van der Waals surface area contributed by atoms with Crippen molar-refractivity contribution >= 4 is 5.78 Å². The number of hydrogen-bond acceptors (Lipinski definition) is 5. The monoisotopic (exact) mass is 337 g/mol. The number of fused-ring (bicyclic) bond motifs is 1. The summed E-state index contributed by atoms with van der Waals surface area (Å²) in [5, 5.41) is 20.5. The van der Waals surface area contributed by atoms with Crippen molar-refractivity contribution in [1.82, 2.24) is 9.97 Å². The van der Waals surface area contributed by atoms with Crippen LogP contribution in [0, 0.1) is 24.2 Å². The van der Waals surface area contributed by atoms with Crippen molar-refractivity contribution in [3.63, 3.8) is 0 Å². The van der Waals surface area contributed by atoms with E-state index >= 15 is 0 Å². The second kappa shape index (κ2) is 5.94. The number of pyridine rings is 2. The van der Waals surface area contributed by atoms with Crippen molar-refractivity contribution in [3.8, 4) is 6.07 Å². The number of carbonyl (C=O) groups is 1. The van der Waals surface area contributed by atoms with E-state index in [2.05, 4.69) is 9.97 Å². The van der Waals surface area contributed by atoms with Gasteiger partial charge in [0.2, 0.25) is 0 Å². The summed E-state index contributed by atoms with van der Waals surface area (Å²) >= 11 is 0. The number of nitrogens with zero attached hydrogens (tertiary/aromatic N) is 2. The molecule has 0 radical (unpaired) electrons. The van der Waals surface area contributed by atoms with Gasteiger partial charge < -0.3 is 10.1 Å². The van der Waals surface area contributed by atoms with Gasteiger partial charge in [0.1, 0.15) is 17.4 Å². The molecule has 0 saturated carbocycles. The number of aromatic amines is 1. The fraction of sp³-hybridized carbons (Fsp3) is 0.368. The van der Waals surface area contributed by atoms with Crippen LogP contribution in [0.1, 0.15) is 47.7 Å². The van der Waals surface area contributed by atoms with Crippen LogP contribution >= 0.6 is 0 Å². The largest absolute Gasteiger partial charge is 0.389 e. The lowest BCUT2D eigenvalue weighted by molar-refractivity contribution is -0.130. The number of carbonyl (C=O) groups excluding carboxylic acids is 1. The summed E-state index contributed by atoms with van der Waals surface area (Å²) in [6, 6.07) is 5.56.